The first kappa shape index (κ1) is 28.1. The molecule has 0 spiro atoms. The molecule has 3 atom stereocenters. The van der Waals surface area contributed by atoms with Crippen molar-refractivity contribution < 1.29 is 19.3 Å². The topological polar surface area (TPSA) is 65.7 Å². The Balaban J connectivity index is 1.43. The third kappa shape index (κ3) is 5.54. The first-order valence-electron chi connectivity index (χ1n) is 14.3. The number of benzene rings is 4. The molecule has 6 rings (SSSR count). The molecule has 4 aromatic carbocycles. The number of aromatic nitrogens is 2. The Kier molecular flexibility index (Phi) is 8.05. The highest BCUT2D eigenvalue weighted by atomic mass is 16.7. The molecule has 0 amide bonds. The Morgan fingerprint density at radius 1 is 0.833 bits per heavy atom. The molecule has 1 aliphatic rings. The Bertz CT molecular complexity index is 1460. The molecule has 0 saturated carbocycles. The first-order chi connectivity index (χ1) is 20.5. The molecule has 6 heteroatoms. The van der Waals surface area contributed by atoms with Crippen LogP contribution in [0.1, 0.15) is 47.9 Å². The van der Waals surface area contributed by atoms with Crippen molar-refractivity contribution >= 4 is 0 Å². The van der Waals surface area contributed by atoms with E-state index in [4.69, 9.17) is 19.2 Å². The fraction of sp³-hybridized carbons (Fsp3) is 0.250. The van der Waals surface area contributed by atoms with Gasteiger partial charge in [-0.2, -0.15) is 0 Å². The molecule has 6 nitrogen and oxygen atoms in total. The summed E-state index contributed by atoms with van der Waals surface area (Å²) in [6.45, 7) is 4.38. The van der Waals surface area contributed by atoms with E-state index >= 15 is 0 Å². The summed E-state index contributed by atoms with van der Waals surface area (Å²) < 4.78 is 20.5. The van der Waals surface area contributed by atoms with Crippen LogP contribution >= 0.6 is 0 Å². The lowest BCUT2D eigenvalue weighted by molar-refractivity contribution is -0.172. The first-order valence-corrected chi connectivity index (χ1v) is 14.3. The zero-order chi connectivity index (χ0) is 29.0. The van der Waals surface area contributed by atoms with Gasteiger partial charge in [-0.3, -0.25) is 0 Å². The van der Waals surface area contributed by atoms with Crippen molar-refractivity contribution in [1.29, 1.82) is 0 Å². The molecule has 214 valence electrons. The maximum atomic E-state index is 11.8. The molecule has 0 bridgehead atoms. The van der Waals surface area contributed by atoms with E-state index in [9.17, 15) is 5.11 Å². The van der Waals surface area contributed by atoms with E-state index in [0.717, 1.165) is 22.3 Å². The number of hydrogen-bond donors (Lipinski definition) is 1. The predicted molar refractivity (Wildman–Crippen MR) is 162 cm³/mol. The molecule has 1 fully saturated rings. The smallest absolute Gasteiger partial charge is 0.163 e. The van der Waals surface area contributed by atoms with Crippen molar-refractivity contribution in [3.05, 3.63) is 162 Å². The normalized spacial score (nSPS) is 18.0. The lowest BCUT2D eigenvalue weighted by Gasteiger charge is -2.37. The van der Waals surface area contributed by atoms with Gasteiger partial charge in [-0.15, -0.1) is 0 Å². The van der Waals surface area contributed by atoms with Gasteiger partial charge in [0.25, 0.3) is 0 Å². The Morgan fingerprint density at radius 3 is 1.81 bits per heavy atom. The van der Waals surface area contributed by atoms with Crippen LogP contribution < -0.4 is 0 Å². The van der Waals surface area contributed by atoms with E-state index < -0.39 is 29.6 Å². The van der Waals surface area contributed by atoms with Crippen molar-refractivity contribution in [2.45, 2.75) is 50.1 Å². The van der Waals surface area contributed by atoms with Crippen molar-refractivity contribution in [2.75, 3.05) is 6.61 Å². The number of nitrogens with zero attached hydrogens (tertiary/aromatic N) is 2. The van der Waals surface area contributed by atoms with Gasteiger partial charge in [0.05, 0.1) is 25.2 Å². The fourth-order valence-corrected chi connectivity index (χ4v) is 5.87. The zero-order valence-electron chi connectivity index (χ0n) is 23.9. The van der Waals surface area contributed by atoms with Gasteiger partial charge in [-0.1, -0.05) is 121 Å². The molecule has 5 aromatic rings. The monoisotopic (exact) mass is 560 g/mol. The molecule has 1 aromatic heterocycles. The van der Waals surface area contributed by atoms with Crippen molar-refractivity contribution in [3.8, 4) is 0 Å². The van der Waals surface area contributed by atoms with Crippen LogP contribution in [0, 0.1) is 0 Å². The van der Waals surface area contributed by atoms with E-state index in [-0.39, 0.29) is 0 Å². The summed E-state index contributed by atoms with van der Waals surface area (Å²) in [6.07, 6.45) is 1.51. The zero-order valence-corrected chi connectivity index (χ0v) is 23.9. The minimum Gasteiger partial charge on any atom is -0.384 e. The lowest BCUT2D eigenvalue weighted by Crippen LogP contribution is -2.38. The molecule has 0 unspecified atom stereocenters. The summed E-state index contributed by atoms with van der Waals surface area (Å²) in [4.78, 5) is 4.78. The SMILES string of the molecule is CC1(C)OC[C@H]([C@H](OCc2ccccc2)[C@H](O)c2cn(C(c3ccccc3)(c3ccccc3)c3ccccc3)cn2)O1. The van der Waals surface area contributed by atoms with E-state index in [1.54, 1.807) is 6.33 Å². The average molecular weight is 561 g/mol. The molecular formula is C36H36N2O4. The van der Waals surface area contributed by atoms with Crippen molar-refractivity contribution in [3.63, 3.8) is 0 Å². The van der Waals surface area contributed by atoms with Crippen LogP contribution in [0.2, 0.25) is 0 Å². The Labute approximate surface area is 247 Å². The number of hydrogen-bond acceptors (Lipinski definition) is 5. The van der Waals surface area contributed by atoms with Gasteiger partial charge in [0.2, 0.25) is 0 Å². The molecular weight excluding hydrogens is 524 g/mol. The summed E-state index contributed by atoms with van der Waals surface area (Å²) in [6, 6.07) is 41.1. The number of aliphatic hydroxyl groups excluding tert-OH is 1. The summed E-state index contributed by atoms with van der Waals surface area (Å²) in [5.74, 6) is -0.763. The fourth-order valence-electron chi connectivity index (χ4n) is 5.87. The van der Waals surface area contributed by atoms with E-state index in [1.165, 1.54) is 0 Å². The van der Waals surface area contributed by atoms with Gasteiger partial charge in [0, 0.05) is 6.20 Å². The van der Waals surface area contributed by atoms with Gasteiger partial charge < -0.3 is 23.9 Å². The quantitative estimate of drug-likeness (QED) is 0.198. The van der Waals surface area contributed by atoms with Crippen LogP contribution in [-0.2, 0) is 26.4 Å². The van der Waals surface area contributed by atoms with Gasteiger partial charge in [-0.05, 0) is 36.1 Å². The summed E-state index contributed by atoms with van der Waals surface area (Å²) in [5.41, 5.74) is 4.00. The number of aliphatic hydroxyl groups is 1. The highest BCUT2D eigenvalue weighted by Crippen LogP contribution is 2.41. The van der Waals surface area contributed by atoms with E-state index in [1.807, 2.05) is 68.6 Å². The second kappa shape index (κ2) is 12.0. The van der Waals surface area contributed by atoms with E-state index in [2.05, 4.69) is 77.4 Å². The van der Waals surface area contributed by atoms with Gasteiger partial charge in [0.15, 0.2) is 5.79 Å². The van der Waals surface area contributed by atoms with Gasteiger partial charge in [0.1, 0.15) is 23.9 Å². The second-order valence-corrected chi connectivity index (χ2v) is 11.1. The van der Waals surface area contributed by atoms with Crippen LogP contribution in [0.15, 0.2) is 134 Å². The van der Waals surface area contributed by atoms with Gasteiger partial charge in [-0.25, -0.2) is 4.98 Å². The molecule has 0 radical (unpaired) electrons. The lowest BCUT2D eigenvalue weighted by atomic mass is 9.77. The van der Waals surface area contributed by atoms with E-state index in [0.29, 0.717) is 18.9 Å². The third-order valence-electron chi connectivity index (χ3n) is 7.86. The van der Waals surface area contributed by atoms with Crippen molar-refractivity contribution in [2.24, 2.45) is 0 Å². The van der Waals surface area contributed by atoms with Crippen molar-refractivity contribution in [1.82, 2.24) is 9.55 Å². The van der Waals surface area contributed by atoms with Crippen LogP contribution in [0.25, 0.3) is 0 Å². The minimum atomic E-state index is -1.06. The molecule has 1 aliphatic heterocycles. The molecule has 1 saturated heterocycles. The average Bonchev–Trinajstić information content (AvgIpc) is 3.67. The maximum absolute atomic E-state index is 11.8. The Morgan fingerprint density at radius 2 is 1.33 bits per heavy atom. The van der Waals surface area contributed by atoms with Gasteiger partial charge >= 0.3 is 0 Å². The highest BCUT2D eigenvalue weighted by Gasteiger charge is 2.43. The van der Waals surface area contributed by atoms with Crippen LogP contribution in [0.5, 0.6) is 0 Å². The summed E-state index contributed by atoms with van der Waals surface area (Å²) >= 11 is 0. The number of imidazole rings is 1. The maximum Gasteiger partial charge on any atom is 0.163 e. The summed E-state index contributed by atoms with van der Waals surface area (Å²) in [7, 11) is 0. The minimum absolute atomic E-state index is 0.312. The number of rotatable bonds is 10. The van der Waals surface area contributed by atoms with Crippen LogP contribution in [-0.4, -0.2) is 39.3 Å². The standard InChI is InChI=1S/C36H36N2O4/c1-35(2)41-25-32(42-35)34(40-24-27-15-7-3-8-16-27)33(39)31-23-38(26-37-31)36(28-17-9-4-10-18-28,29-19-11-5-12-20-29)30-21-13-6-14-22-30/h3-23,26,32-34,39H,24-25H2,1-2H3/t32-,33-,34+/m1/s1. The molecule has 0 aliphatic carbocycles. The van der Waals surface area contributed by atoms with Crippen LogP contribution in [0.3, 0.4) is 0 Å². The number of ether oxygens (including phenoxy) is 3. The molecule has 42 heavy (non-hydrogen) atoms. The second-order valence-electron chi connectivity index (χ2n) is 11.1. The molecule has 2 heterocycles. The Hall–Kier alpha value is -4.07. The highest BCUT2D eigenvalue weighted by molar-refractivity contribution is 5.50. The third-order valence-corrected chi connectivity index (χ3v) is 7.86. The molecule has 1 N–H and O–H groups in total. The largest absolute Gasteiger partial charge is 0.384 e. The summed E-state index contributed by atoms with van der Waals surface area (Å²) in [5, 5.41) is 11.8. The predicted octanol–water partition coefficient (Wildman–Crippen LogP) is 6.49. The van der Waals surface area contributed by atoms with Crippen LogP contribution in [0.4, 0.5) is 0 Å².